The van der Waals surface area contributed by atoms with Gasteiger partial charge in [0.25, 0.3) is 0 Å². The highest BCUT2D eigenvalue weighted by molar-refractivity contribution is 6.01. The van der Waals surface area contributed by atoms with Crippen LogP contribution < -0.4 is 25.4 Å². The maximum atomic E-state index is 12.5. The predicted molar refractivity (Wildman–Crippen MR) is 120 cm³/mol. The van der Waals surface area contributed by atoms with Gasteiger partial charge in [0.1, 0.15) is 5.82 Å². The number of halogens is 2. The Hall–Kier alpha value is -3.69. The van der Waals surface area contributed by atoms with E-state index in [1.54, 1.807) is 31.3 Å². The number of ether oxygens (including phenoxy) is 2. The van der Waals surface area contributed by atoms with Gasteiger partial charge in [-0.3, -0.25) is 9.59 Å². The molecule has 1 aromatic carbocycles. The van der Waals surface area contributed by atoms with E-state index in [9.17, 15) is 18.4 Å². The third kappa shape index (κ3) is 6.90. The lowest BCUT2D eigenvalue weighted by Gasteiger charge is -2.32. The van der Waals surface area contributed by atoms with Crippen LogP contribution in [0.25, 0.3) is 6.08 Å². The topological polar surface area (TPSA) is 107 Å². The Labute approximate surface area is 190 Å². The van der Waals surface area contributed by atoms with Gasteiger partial charge in [-0.1, -0.05) is 6.07 Å². The van der Waals surface area contributed by atoms with Crippen molar-refractivity contribution in [1.82, 2.24) is 4.98 Å². The first kappa shape index (κ1) is 24.0. The van der Waals surface area contributed by atoms with Crippen LogP contribution in [0, 0.1) is 5.92 Å². The molecule has 3 rings (SSSR count). The number of carbonyl (C=O) groups is 2. The van der Waals surface area contributed by atoms with Gasteiger partial charge in [-0.25, -0.2) is 4.98 Å². The fourth-order valence-corrected chi connectivity index (χ4v) is 3.51. The molecule has 2 heterocycles. The summed E-state index contributed by atoms with van der Waals surface area (Å²) in [5.41, 5.74) is 6.51. The Morgan fingerprint density at radius 2 is 2.12 bits per heavy atom. The molecule has 0 radical (unpaired) electrons. The first-order chi connectivity index (χ1) is 15.9. The van der Waals surface area contributed by atoms with Crippen LogP contribution in [0.2, 0.25) is 0 Å². The molecule has 0 saturated carbocycles. The number of nitrogens with one attached hydrogen (secondary N) is 1. The largest absolute Gasteiger partial charge is 0.490 e. The molecule has 1 aromatic heterocycles. The van der Waals surface area contributed by atoms with E-state index in [0.717, 1.165) is 19.4 Å². The molecule has 2 amide bonds. The van der Waals surface area contributed by atoms with Gasteiger partial charge in [-0.05, 0) is 55.7 Å². The van der Waals surface area contributed by atoms with Crippen molar-refractivity contribution in [2.75, 3.05) is 29.9 Å². The minimum absolute atomic E-state index is 0.0736. The molecule has 1 fully saturated rings. The average molecular weight is 460 g/mol. The third-order valence-electron chi connectivity index (χ3n) is 5.07. The lowest BCUT2D eigenvalue weighted by molar-refractivity contribution is -0.122. The Kier molecular flexibility index (Phi) is 8.17. The highest BCUT2D eigenvalue weighted by atomic mass is 19.3. The number of nitrogens with two attached hydrogens (primary N) is 1. The minimum atomic E-state index is -2.96. The lowest BCUT2D eigenvalue weighted by Crippen LogP contribution is -2.41. The van der Waals surface area contributed by atoms with Gasteiger partial charge < -0.3 is 25.4 Å². The number of primary amides is 1. The molecule has 1 unspecified atom stereocenters. The molecule has 3 N–H and O–H groups in total. The number of piperidine rings is 1. The second-order valence-corrected chi connectivity index (χ2v) is 7.43. The fourth-order valence-electron chi connectivity index (χ4n) is 3.51. The van der Waals surface area contributed by atoms with Crippen LogP contribution >= 0.6 is 0 Å². The molecule has 1 aliphatic heterocycles. The average Bonchev–Trinajstić information content (AvgIpc) is 2.79. The molecule has 0 spiro atoms. The lowest BCUT2D eigenvalue weighted by atomic mass is 9.97. The second kappa shape index (κ2) is 11.3. The summed E-state index contributed by atoms with van der Waals surface area (Å²) in [6.45, 7) is 0.355. The molecule has 0 aliphatic carbocycles. The van der Waals surface area contributed by atoms with Gasteiger partial charge >= 0.3 is 6.61 Å². The quantitative estimate of drug-likeness (QED) is 0.556. The van der Waals surface area contributed by atoms with Crippen molar-refractivity contribution in [2.45, 2.75) is 26.4 Å². The van der Waals surface area contributed by atoms with E-state index in [0.29, 0.717) is 23.6 Å². The van der Waals surface area contributed by atoms with Crippen molar-refractivity contribution in [2.24, 2.45) is 11.7 Å². The van der Waals surface area contributed by atoms with Gasteiger partial charge in [0.15, 0.2) is 11.5 Å². The number of carbonyl (C=O) groups excluding carboxylic acids is 2. The number of nitrogens with zero attached hydrogens (tertiary/aromatic N) is 2. The first-order valence-electron chi connectivity index (χ1n) is 10.6. The second-order valence-electron chi connectivity index (χ2n) is 7.43. The zero-order valence-electron chi connectivity index (χ0n) is 18.2. The number of amides is 2. The van der Waals surface area contributed by atoms with Crippen molar-refractivity contribution in [3.05, 3.63) is 48.2 Å². The van der Waals surface area contributed by atoms with E-state index in [1.165, 1.54) is 24.3 Å². The van der Waals surface area contributed by atoms with Crippen molar-refractivity contribution in [3.63, 3.8) is 0 Å². The van der Waals surface area contributed by atoms with E-state index in [4.69, 9.17) is 10.5 Å². The van der Waals surface area contributed by atoms with E-state index < -0.39 is 6.61 Å². The molecule has 1 atom stereocenters. The molecule has 176 valence electrons. The highest BCUT2D eigenvalue weighted by Crippen LogP contribution is 2.30. The number of aromatic nitrogens is 1. The summed E-state index contributed by atoms with van der Waals surface area (Å²) in [4.78, 5) is 30.1. The van der Waals surface area contributed by atoms with Crippen LogP contribution in [0.4, 0.5) is 20.3 Å². The Morgan fingerprint density at radius 3 is 2.79 bits per heavy atom. The van der Waals surface area contributed by atoms with Crippen molar-refractivity contribution in [3.8, 4) is 11.5 Å². The molecular formula is C23H26F2N4O4. The summed E-state index contributed by atoms with van der Waals surface area (Å²) < 4.78 is 34.8. The molecule has 2 aromatic rings. The van der Waals surface area contributed by atoms with E-state index in [2.05, 4.69) is 15.0 Å². The van der Waals surface area contributed by atoms with Gasteiger partial charge in [0, 0.05) is 19.2 Å². The van der Waals surface area contributed by atoms with Crippen molar-refractivity contribution < 1.29 is 27.8 Å². The number of pyridine rings is 1. The highest BCUT2D eigenvalue weighted by Gasteiger charge is 2.24. The summed E-state index contributed by atoms with van der Waals surface area (Å²) in [6.07, 6.45) is 6.02. The first-order valence-corrected chi connectivity index (χ1v) is 10.6. The standard InChI is InChI=1S/C23H26F2N4O4/c1-2-32-19-12-15(5-8-18(19)33-23(24)25)6-10-21(30)28-17-7-9-20(27-13-17)29-11-3-4-16(14-29)22(26)31/h5-10,12-13,16,23H,2-4,11,14H2,1H3,(H2,26,31)(H,28,30)/b10-6+. The molecule has 1 saturated heterocycles. The zero-order chi connectivity index (χ0) is 23.8. The van der Waals surface area contributed by atoms with E-state index >= 15 is 0 Å². The summed E-state index contributed by atoms with van der Waals surface area (Å²) in [5.74, 6) is -0.0811. The van der Waals surface area contributed by atoms with Crippen molar-refractivity contribution >= 4 is 29.4 Å². The minimum Gasteiger partial charge on any atom is -0.490 e. The molecule has 0 bridgehead atoms. The number of benzene rings is 1. The van der Waals surface area contributed by atoms with Crippen LogP contribution in [0.1, 0.15) is 25.3 Å². The third-order valence-corrected chi connectivity index (χ3v) is 5.07. The van der Waals surface area contributed by atoms with Gasteiger partial charge in [-0.15, -0.1) is 0 Å². The smallest absolute Gasteiger partial charge is 0.387 e. The normalized spacial score (nSPS) is 16.1. The fraction of sp³-hybridized carbons (Fsp3) is 0.348. The monoisotopic (exact) mass is 460 g/mol. The molecule has 1 aliphatic rings. The van der Waals surface area contributed by atoms with Crippen LogP contribution in [0.3, 0.4) is 0 Å². The van der Waals surface area contributed by atoms with E-state index in [1.807, 2.05) is 4.90 Å². The van der Waals surface area contributed by atoms with Crippen LogP contribution in [-0.2, 0) is 9.59 Å². The van der Waals surface area contributed by atoms with Gasteiger partial charge in [0.05, 0.1) is 24.4 Å². The Bertz CT molecular complexity index is 998. The number of anilines is 2. The molecular weight excluding hydrogens is 434 g/mol. The van der Waals surface area contributed by atoms with E-state index in [-0.39, 0.29) is 35.8 Å². The summed E-state index contributed by atoms with van der Waals surface area (Å²) in [5, 5.41) is 2.71. The van der Waals surface area contributed by atoms with Gasteiger partial charge in [-0.2, -0.15) is 8.78 Å². The number of hydrogen-bond acceptors (Lipinski definition) is 6. The zero-order valence-corrected chi connectivity index (χ0v) is 18.2. The van der Waals surface area contributed by atoms with Gasteiger partial charge in [0.2, 0.25) is 11.8 Å². The summed E-state index contributed by atoms with van der Waals surface area (Å²) in [7, 11) is 0. The van der Waals surface area contributed by atoms with Crippen LogP contribution in [0.15, 0.2) is 42.6 Å². The van der Waals surface area contributed by atoms with Crippen molar-refractivity contribution in [1.29, 1.82) is 0 Å². The summed E-state index contributed by atoms with van der Waals surface area (Å²) in [6, 6.07) is 7.92. The van der Waals surface area contributed by atoms with Crippen LogP contribution in [-0.4, -0.2) is 43.1 Å². The summed E-state index contributed by atoms with van der Waals surface area (Å²) >= 11 is 0. The molecule has 33 heavy (non-hydrogen) atoms. The number of rotatable bonds is 9. The number of alkyl halides is 2. The Morgan fingerprint density at radius 1 is 1.30 bits per heavy atom. The van der Waals surface area contributed by atoms with Crippen LogP contribution in [0.5, 0.6) is 11.5 Å². The number of hydrogen-bond donors (Lipinski definition) is 2. The maximum Gasteiger partial charge on any atom is 0.387 e. The SMILES string of the molecule is CCOc1cc(/C=C/C(=O)Nc2ccc(N3CCCC(C(N)=O)C3)nc2)ccc1OC(F)F. The Balaban J connectivity index is 1.60. The molecule has 10 heteroatoms. The maximum absolute atomic E-state index is 12.5. The predicted octanol–water partition coefficient (Wildman–Crippen LogP) is 3.44. The molecule has 8 nitrogen and oxygen atoms in total.